The number of hydrogen-bond donors (Lipinski definition) is 1. The van der Waals surface area contributed by atoms with Gasteiger partial charge in [-0.3, -0.25) is 9.59 Å². The zero-order valence-corrected chi connectivity index (χ0v) is 19.6. The summed E-state index contributed by atoms with van der Waals surface area (Å²) in [4.78, 5) is 28.0. The molecule has 0 aromatic heterocycles. The highest BCUT2D eigenvalue weighted by Gasteiger charge is 2.32. The molecule has 1 atom stereocenters. The van der Waals surface area contributed by atoms with E-state index >= 15 is 0 Å². The van der Waals surface area contributed by atoms with Crippen LogP contribution in [0.4, 0.5) is 0 Å². The molecule has 1 unspecified atom stereocenters. The molecule has 0 bridgehead atoms. The molecule has 0 saturated heterocycles. The van der Waals surface area contributed by atoms with Crippen molar-refractivity contribution in [3.8, 4) is 0 Å². The van der Waals surface area contributed by atoms with Crippen LogP contribution in [-0.2, 0) is 22.6 Å². The lowest BCUT2D eigenvalue weighted by atomic mass is 10.00. The van der Waals surface area contributed by atoms with Gasteiger partial charge in [-0.15, -0.1) is 0 Å². The van der Waals surface area contributed by atoms with Crippen molar-refractivity contribution in [1.82, 2.24) is 10.2 Å². The summed E-state index contributed by atoms with van der Waals surface area (Å²) in [5, 5.41) is 4.05. The molecule has 2 aromatic carbocycles. The molecule has 0 aliphatic heterocycles. The van der Waals surface area contributed by atoms with E-state index in [-0.39, 0.29) is 18.4 Å². The first kappa shape index (κ1) is 24.2. The van der Waals surface area contributed by atoms with Gasteiger partial charge in [-0.25, -0.2) is 0 Å². The third kappa shape index (κ3) is 7.33. The van der Waals surface area contributed by atoms with Crippen molar-refractivity contribution >= 4 is 35.0 Å². The zero-order valence-electron chi connectivity index (χ0n) is 18.0. The van der Waals surface area contributed by atoms with Crippen LogP contribution >= 0.6 is 23.2 Å². The summed E-state index contributed by atoms with van der Waals surface area (Å²) in [5.74, 6) is -0.255. The molecule has 30 heavy (non-hydrogen) atoms. The van der Waals surface area contributed by atoms with Crippen molar-refractivity contribution in [2.45, 2.75) is 65.1 Å². The minimum absolute atomic E-state index is 0.0755. The third-order valence-corrected chi connectivity index (χ3v) is 5.18. The van der Waals surface area contributed by atoms with Crippen molar-refractivity contribution < 1.29 is 9.59 Å². The SMILES string of the molecule is CCCC(=O)N(Cc1ccc(Cl)cc1Cl)C(Cc1ccccc1)C(=O)NC(C)(C)C. The molecule has 2 aromatic rings. The maximum Gasteiger partial charge on any atom is 0.243 e. The average Bonchev–Trinajstić information content (AvgIpc) is 2.65. The second-order valence-corrected chi connectivity index (χ2v) is 9.30. The number of rotatable bonds is 8. The first-order chi connectivity index (χ1) is 14.1. The fourth-order valence-electron chi connectivity index (χ4n) is 3.20. The lowest BCUT2D eigenvalue weighted by molar-refractivity contribution is -0.142. The van der Waals surface area contributed by atoms with Crippen LogP contribution in [0, 0.1) is 0 Å². The molecule has 162 valence electrons. The van der Waals surface area contributed by atoms with E-state index in [9.17, 15) is 9.59 Å². The number of amides is 2. The quantitative estimate of drug-likeness (QED) is 0.566. The Labute approximate surface area is 189 Å². The van der Waals surface area contributed by atoms with Crippen LogP contribution in [0.15, 0.2) is 48.5 Å². The molecule has 0 aliphatic rings. The lowest BCUT2D eigenvalue weighted by Crippen LogP contribution is -2.54. The standard InChI is InChI=1S/C24H30Cl2N2O2/c1-5-9-22(29)28(16-18-12-13-19(25)15-20(18)26)21(23(30)27-24(2,3)4)14-17-10-7-6-8-11-17/h6-8,10-13,15,21H,5,9,14,16H2,1-4H3,(H,27,30). The molecule has 0 fully saturated rings. The summed E-state index contributed by atoms with van der Waals surface area (Å²) in [5.41, 5.74) is 1.33. The Balaban J connectivity index is 2.43. The van der Waals surface area contributed by atoms with Gasteiger partial charge in [0.2, 0.25) is 11.8 Å². The summed E-state index contributed by atoms with van der Waals surface area (Å²) in [6.45, 7) is 7.98. The number of nitrogens with one attached hydrogen (secondary N) is 1. The van der Waals surface area contributed by atoms with Crippen LogP contribution < -0.4 is 5.32 Å². The molecule has 0 spiro atoms. The largest absolute Gasteiger partial charge is 0.350 e. The highest BCUT2D eigenvalue weighted by molar-refractivity contribution is 6.35. The van der Waals surface area contributed by atoms with E-state index in [1.807, 2.05) is 58.0 Å². The predicted molar refractivity (Wildman–Crippen MR) is 124 cm³/mol. The van der Waals surface area contributed by atoms with E-state index in [4.69, 9.17) is 23.2 Å². The number of halogens is 2. The van der Waals surface area contributed by atoms with Gasteiger partial charge in [0, 0.05) is 35.0 Å². The Bertz CT molecular complexity index is 863. The van der Waals surface area contributed by atoms with Gasteiger partial charge < -0.3 is 10.2 Å². The van der Waals surface area contributed by atoms with Gasteiger partial charge in [0.1, 0.15) is 6.04 Å². The van der Waals surface area contributed by atoms with Crippen molar-refractivity contribution in [3.05, 3.63) is 69.7 Å². The van der Waals surface area contributed by atoms with E-state index in [0.717, 1.165) is 11.1 Å². The van der Waals surface area contributed by atoms with Gasteiger partial charge in [0.25, 0.3) is 0 Å². The summed E-state index contributed by atoms with van der Waals surface area (Å²) in [7, 11) is 0. The molecular formula is C24H30Cl2N2O2. The van der Waals surface area contributed by atoms with Crippen molar-refractivity contribution in [2.75, 3.05) is 0 Å². The van der Waals surface area contributed by atoms with Crippen LogP contribution in [-0.4, -0.2) is 28.3 Å². The van der Waals surface area contributed by atoms with Crippen molar-refractivity contribution in [3.63, 3.8) is 0 Å². The topological polar surface area (TPSA) is 49.4 Å². The Hall–Kier alpha value is -2.04. The Morgan fingerprint density at radius 3 is 2.30 bits per heavy atom. The fourth-order valence-corrected chi connectivity index (χ4v) is 3.67. The van der Waals surface area contributed by atoms with Crippen molar-refractivity contribution in [1.29, 1.82) is 0 Å². The minimum Gasteiger partial charge on any atom is -0.350 e. The second-order valence-electron chi connectivity index (χ2n) is 8.45. The normalized spacial score (nSPS) is 12.3. The van der Waals surface area contributed by atoms with Crippen molar-refractivity contribution in [2.24, 2.45) is 0 Å². The van der Waals surface area contributed by atoms with E-state index in [1.54, 1.807) is 23.1 Å². The first-order valence-corrected chi connectivity index (χ1v) is 11.0. The van der Waals surface area contributed by atoms with Crippen LogP contribution in [0.3, 0.4) is 0 Å². The number of benzene rings is 2. The minimum atomic E-state index is -0.655. The first-order valence-electron chi connectivity index (χ1n) is 10.2. The Morgan fingerprint density at radius 1 is 1.07 bits per heavy atom. The second kappa shape index (κ2) is 10.8. The Kier molecular flexibility index (Phi) is 8.75. The summed E-state index contributed by atoms with van der Waals surface area (Å²) in [6.07, 6.45) is 1.48. The maximum absolute atomic E-state index is 13.3. The van der Waals surface area contributed by atoms with Crippen LogP contribution in [0.2, 0.25) is 10.0 Å². The van der Waals surface area contributed by atoms with E-state index in [2.05, 4.69) is 5.32 Å². The van der Waals surface area contributed by atoms with E-state index in [0.29, 0.717) is 29.3 Å². The van der Waals surface area contributed by atoms with Crippen LogP contribution in [0.5, 0.6) is 0 Å². The Morgan fingerprint density at radius 2 is 1.73 bits per heavy atom. The number of nitrogens with zero attached hydrogens (tertiary/aromatic N) is 1. The van der Waals surface area contributed by atoms with Crippen LogP contribution in [0.1, 0.15) is 51.7 Å². The number of carbonyl (C=O) groups excluding carboxylic acids is 2. The van der Waals surface area contributed by atoms with Gasteiger partial charge >= 0.3 is 0 Å². The van der Waals surface area contributed by atoms with Gasteiger partial charge in [-0.05, 0) is 50.5 Å². The fraction of sp³-hybridized carbons (Fsp3) is 0.417. The van der Waals surface area contributed by atoms with Gasteiger partial charge in [0.15, 0.2) is 0 Å². The average molecular weight is 449 g/mol. The highest BCUT2D eigenvalue weighted by atomic mass is 35.5. The smallest absolute Gasteiger partial charge is 0.243 e. The molecule has 6 heteroatoms. The highest BCUT2D eigenvalue weighted by Crippen LogP contribution is 2.24. The summed E-state index contributed by atoms with van der Waals surface area (Å²) >= 11 is 12.4. The van der Waals surface area contributed by atoms with Crippen LogP contribution in [0.25, 0.3) is 0 Å². The number of carbonyl (C=O) groups is 2. The van der Waals surface area contributed by atoms with E-state index in [1.165, 1.54) is 0 Å². The molecule has 2 amide bonds. The monoisotopic (exact) mass is 448 g/mol. The van der Waals surface area contributed by atoms with E-state index < -0.39 is 11.6 Å². The molecule has 2 rings (SSSR count). The summed E-state index contributed by atoms with van der Waals surface area (Å²) in [6, 6.07) is 14.3. The van der Waals surface area contributed by atoms with Gasteiger partial charge in [-0.2, -0.15) is 0 Å². The van der Waals surface area contributed by atoms with Gasteiger partial charge in [0.05, 0.1) is 0 Å². The molecular weight excluding hydrogens is 419 g/mol. The molecule has 0 saturated carbocycles. The molecule has 0 aliphatic carbocycles. The molecule has 1 N–H and O–H groups in total. The lowest BCUT2D eigenvalue weighted by Gasteiger charge is -2.34. The zero-order chi connectivity index (χ0) is 22.3. The predicted octanol–water partition coefficient (Wildman–Crippen LogP) is 5.65. The molecule has 4 nitrogen and oxygen atoms in total. The maximum atomic E-state index is 13.3. The number of hydrogen-bond acceptors (Lipinski definition) is 2. The third-order valence-electron chi connectivity index (χ3n) is 4.59. The summed E-state index contributed by atoms with van der Waals surface area (Å²) < 4.78 is 0. The molecule has 0 heterocycles. The van der Waals surface area contributed by atoms with Gasteiger partial charge in [-0.1, -0.05) is 66.5 Å². The molecule has 0 radical (unpaired) electrons.